The van der Waals surface area contributed by atoms with Gasteiger partial charge in [0.2, 0.25) is 5.91 Å². The van der Waals surface area contributed by atoms with E-state index in [-0.39, 0.29) is 13.0 Å². The van der Waals surface area contributed by atoms with Crippen molar-refractivity contribution >= 4 is 18.0 Å². The molecule has 0 spiro atoms. The van der Waals surface area contributed by atoms with Crippen LogP contribution >= 0.6 is 0 Å². The summed E-state index contributed by atoms with van der Waals surface area (Å²) >= 11 is 0. The van der Waals surface area contributed by atoms with Crippen LogP contribution < -0.4 is 10.6 Å². The number of alkyl carbamates (subject to hydrolysis) is 1. The molecule has 0 aliphatic heterocycles. The van der Waals surface area contributed by atoms with Crippen molar-refractivity contribution < 1.29 is 23.9 Å². The second-order valence-electron chi connectivity index (χ2n) is 4.90. The molecule has 0 unspecified atom stereocenters. The zero-order chi connectivity index (χ0) is 15.8. The number of hydrogen-bond donors (Lipinski definition) is 2. The largest absolute Gasteiger partial charge is 0.469 e. The van der Waals surface area contributed by atoms with Gasteiger partial charge in [0.25, 0.3) is 0 Å². The Balaban J connectivity index is 4.68. The van der Waals surface area contributed by atoms with Crippen LogP contribution in [0.4, 0.5) is 4.79 Å². The summed E-state index contributed by atoms with van der Waals surface area (Å²) in [5, 5.41) is 4.68. The average molecular weight is 284 g/mol. The number of nitrogens with one attached hydrogen (secondary N) is 2. The number of carbonyl (C=O) groups excluding carboxylic acids is 3. The number of amides is 2. The van der Waals surface area contributed by atoms with E-state index in [4.69, 9.17) is 11.2 Å². The molecule has 7 nitrogen and oxygen atoms in total. The quantitative estimate of drug-likeness (QED) is 0.555. The summed E-state index contributed by atoms with van der Waals surface area (Å²) in [6.45, 7) is 5.04. The highest BCUT2D eigenvalue weighted by molar-refractivity contribution is 5.89. The number of ether oxygens (including phenoxy) is 2. The fourth-order valence-corrected chi connectivity index (χ4v) is 1.17. The molecule has 0 rings (SSSR count). The van der Waals surface area contributed by atoms with Crippen LogP contribution in [0.15, 0.2) is 0 Å². The van der Waals surface area contributed by atoms with Gasteiger partial charge < -0.3 is 20.1 Å². The van der Waals surface area contributed by atoms with E-state index < -0.39 is 29.6 Å². The van der Waals surface area contributed by atoms with Gasteiger partial charge in [-0.2, -0.15) is 0 Å². The molecule has 0 aromatic rings. The normalized spacial score (nSPS) is 11.8. The first-order valence-electron chi connectivity index (χ1n) is 5.97. The summed E-state index contributed by atoms with van der Waals surface area (Å²) in [5.74, 6) is 0.999. The molecule has 7 heteroatoms. The summed E-state index contributed by atoms with van der Waals surface area (Å²) in [6, 6.07) is -1.11. The maximum Gasteiger partial charge on any atom is 0.408 e. The maximum atomic E-state index is 11.8. The van der Waals surface area contributed by atoms with Crippen LogP contribution in [0, 0.1) is 12.3 Å². The van der Waals surface area contributed by atoms with Gasteiger partial charge in [0.05, 0.1) is 20.1 Å². The van der Waals surface area contributed by atoms with Crippen LogP contribution in [0.2, 0.25) is 0 Å². The minimum Gasteiger partial charge on any atom is -0.469 e. The summed E-state index contributed by atoms with van der Waals surface area (Å²) < 4.78 is 9.48. The second-order valence-corrected chi connectivity index (χ2v) is 4.90. The number of hydrogen-bond acceptors (Lipinski definition) is 5. The Morgan fingerprint density at radius 1 is 1.30 bits per heavy atom. The van der Waals surface area contributed by atoms with Crippen molar-refractivity contribution in [1.29, 1.82) is 0 Å². The maximum absolute atomic E-state index is 11.8. The van der Waals surface area contributed by atoms with Crippen LogP contribution in [0.25, 0.3) is 0 Å². The number of terminal acetylenes is 1. The molecule has 2 amide bonds. The SMILES string of the molecule is C#CCNC(=O)[C@H](CC(=O)OC)NC(=O)OC(C)(C)C. The number of esters is 1. The third kappa shape index (κ3) is 7.97. The number of carbonyl (C=O) groups is 3. The lowest BCUT2D eigenvalue weighted by molar-refractivity contribution is -0.143. The molecule has 0 aromatic heterocycles. The lowest BCUT2D eigenvalue weighted by atomic mass is 10.2. The first kappa shape index (κ1) is 17.8. The van der Waals surface area contributed by atoms with Crippen LogP contribution in [0.5, 0.6) is 0 Å². The number of rotatable bonds is 5. The first-order valence-corrected chi connectivity index (χ1v) is 5.97. The Hall–Kier alpha value is -2.23. The first-order chi connectivity index (χ1) is 9.19. The van der Waals surface area contributed by atoms with Gasteiger partial charge in [0, 0.05) is 0 Å². The minimum absolute atomic E-state index is 0.00744. The summed E-state index contributed by atoms with van der Waals surface area (Å²) in [6.07, 6.45) is 3.90. The highest BCUT2D eigenvalue weighted by atomic mass is 16.6. The molecule has 20 heavy (non-hydrogen) atoms. The molecule has 0 aromatic carbocycles. The van der Waals surface area contributed by atoms with Crippen molar-refractivity contribution in [2.45, 2.75) is 38.8 Å². The fraction of sp³-hybridized carbons (Fsp3) is 0.615. The van der Waals surface area contributed by atoms with Crippen molar-refractivity contribution in [2.24, 2.45) is 0 Å². The molecule has 0 saturated heterocycles. The minimum atomic E-state index is -1.11. The topological polar surface area (TPSA) is 93.7 Å². The van der Waals surface area contributed by atoms with E-state index in [1.165, 1.54) is 7.11 Å². The van der Waals surface area contributed by atoms with Crippen LogP contribution in [-0.2, 0) is 19.1 Å². The van der Waals surface area contributed by atoms with Gasteiger partial charge in [0.1, 0.15) is 11.6 Å². The van der Waals surface area contributed by atoms with Crippen molar-refractivity contribution in [1.82, 2.24) is 10.6 Å². The Morgan fingerprint density at radius 3 is 2.35 bits per heavy atom. The van der Waals surface area contributed by atoms with Gasteiger partial charge in [-0.25, -0.2) is 4.79 Å². The molecule has 0 fully saturated rings. The molecule has 2 N–H and O–H groups in total. The van der Waals surface area contributed by atoms with Gasteiger partial charge in [-0.1, -0.05) is 5.92 Å². The average Bonchev–Trinajstić information content (AvgIpc) is 2.32. The zero-order valence-corrected chi connectivity index (χ0v) is 12.1. The van der Waals surface area contributed by atoms with E-state index in [1.807, 2.05) is 0 Å². The molecular formula is C13H20N2O5. The van der Waals surface area contributed by atoms with Crippen molar-refractivity contribution in [3.8, 4) is 12.3 Å². The molecule has 0 heterocycles. The van der Waals surface area contributed by atoms with Gasteiger partial charge in [-0.3, -0.25) is 9.59 Å². The third-order valence-corrected chi connectivity index (χ3v) is 1.97. The van der Waals surface area contributed by atoms with Crippen LogP contribution in [0.3, 0.4) is 0 Å². The second kappa shape index (κ2) is 8.04. The zero-order valence-electron chi connectivity index (χ0n) is 12.1. The van der Waals surface area contributed by atoms with E-state index in [9.17, 15) is 14.4 Å². The van der Waals surface area contributed by atoms with Gasteiger partial charge in [-0.15, -0.1) is 6.42 Å². The highest BCUT2D eigenvalue weighted by Gasteiger charge is 2.26. The lowest BCUT2D eigenvalue weighted by Gasteiger charge is -2.22. The molecule has 0 saturated carbocycles. The Kier molecular flexibility index (Phi) is 7.15. The van der Waals surface area contributed by atoms with Gasteiger partial charge >= 0.3 is 12.1 Å². The summed E-state index contributed by atoms with van der Waals surface area (Å²) in [4.78, 5) is 34.6. The molecule has 1 atom stereocenters. The standard InChI is InChI=1S/C13H20N2O5/c1-6-7-14-11(17)9(8-10(16)19-5)15-12(18)20-13(2,3)4/h1,9H,7-8H2,2-5H3,(H,14,17)(H,15,18)/t9-/m0/s1. The Labute approximate surface area is 118 Å². The van der Waals surface area contributed by atoms with Gasteiger partial charge in [0.15, 0.2) is 0 Å². The summed E-state index contributed by atoms with van der Waals surface area (Å²) in [7, 11) is 1.19. The Morgan fingerprint density at radius 2 is 1.90 bits per heavy atom. The van der Waals surface area contributed by atoms with Crippen molar-refractivity contribution in [3.63, 3.8) is 0 Å². The monoisotopic (exact) mass is 284 g/mol. The molecular weight excluding hydrogens is 264 g/mol. The molecule has 112 valence electrons. The molecule has 0 aliphatic rings. The van der Waals surface area contributed by atoms with E-state index >= 15 is 0 Å². The predicted octanol–water partition coefficient (Wildman–Crippen LogP) is 0.192. The van der Waals surface area contributed by atoms with E-state index in [0.717, 1.165) is 0 Å². The Bertz CT molecular complexity index is 406. The lowest BCUT2D eigenvalue weighted by Crippen LogP contribution is -2.49. The predicted molar refractivity (Wildman–Crippen MR) is 71.6 cm³/mol. The van der Waals surface area contributed by atoms with E-state index in [0.29, 0.717) is 0 Å². The summed E-state index contributed by atoms with van der Waals surface area (Å²) in [5.41, 5.74) is -0.713. The fourth-order valence-electron chi connectivity index (χ4n) is 1.17. The van der Waals surface area contributed by atoms with Crippen LogP contribution in [0.1, 0.15) is 27.2 Å². The molecule has 0 aliphatic carbocycles. The van der Waals surface area contributed by atoms with Crippen molar-refractivity contribution in [3.05, 3.63) is 0 Å². The van der Waals surface area contributed by atoms with Crippen LogP contribution in [-0.4, -0.2) is 43.3 Å². The molecule has 0 bridgehead atoms. The van der Waals surface area contributed by atoms with E-state index in [1.54, 1.807) is 20.8 Å². The third-order valence-electron chi connectivity index (χ3n) is 1.97. The molecule has 0 radical (unpaired) electrons. The van der Waals surface area contributed by atoms with E-state index in [2.05, 4.69) is 21.3 Å². The smallest absolute Gasteiger partial charge is 0.408 e. The highest BCUT2D eigenvalue weighted by Crippen LogP contribution is 2.07. The van der Waals surface area contributed by atoms with Gasteiger partial charge in [-0.05, 0) is 20.8 Å². The van der Waals surface area contributed by atoms with Crippen molar-refractivity contribution in [2.75, 3.05) is 13.7 Å². The number of methoxy groups -OCH3 is 1.